The van der Waals surface area contributed by atoms with Gasteiger partial charge in [-0.25, -0.2) is 4.68 Å². The van der Waals surface area contributed by atoms with Crippen LogP contribution in [0.15, 0.2) is 42.7 Å². The van der Waals surface area contributed by atoms with E-state index in [2.05, 4.69) is 10.4 Å². The first-order valence-corrected chi connectivity index (χ1v) is 6.93. The molecule has 110 valence electrons. The van der Waals surface area contributed by atoms with Gasteiger partial charge in [0.1, 0.15) is 0 Å². The van der Waals surface area contributed by atoms with E-state index in [0.29, 0.717) is 18.7 Å². The Labute approximate surface area is 123 Å². The van der Waals surface area contributed by atoms with Gasteiger partial charge in [0.05, 0.1) is 29.6 Å². The third kappa shape index (κ3) is 2.68. The van der Waals surface area contributed by atoms with Crippen LogP contribution in [0.1, 0.15) is 10.4 Å². The average molecular weight is 286 g/mol. The Morgan fingerprint density at radius 1 is 1.38 bits per heavy atom. The third-order valence-corrected chi connectivity index (χ3v) is 3.82. The molecule has 2 atom stereocenters. The lowest BCUT2D eigenvalue weighted by Crippen LogP contribution is -2.44. The first kappa shape index (κ1) is 13.8. The first-order chi connectivity index (χ1) is 10.2. The van der Waals surface area contributed by atoms with Crippen LogP contribution in [-0.4, -0.2) is 58.0 Å². The van der Waals surface area contributed by atoms with Crippen molar-refractivity contribution in [2.45, 2.75) is 12.1 Å². The van der Waals surface area contributed by atoms with E-state index in [1.165, 1.54) is 0 Å². The minimum absolute atomic E-state index is 0.134. The predicted molar refractivity (Wildman–Crippen MR) is 78.3 cm³/mol. The van der Waals surface area contributed by atoms with Crippen molar-refractivity contribution < 1.29 is 9.90 Å². The molecule has 1 aliphatic rings. The second-order valence-corrected chi connectivity index (χ2v) is 5.22. The van der Waals surface area contributed by atoms with Crippen LogP contribution >= 0.6 is 0 Å². The number of aliphatic hydroxyl groups excluding tert-OH is 1. The molecule has 1 fully saturated rings. The van der Waals surface area contributed by atoms with Crippen molar-refractivity contribution in [2.75, 3.05) is 20.1 Å². The van der Waals surface area contributed by atoms with E-state index in [4.69, 9.17) is 0 Å². The standard InChI is InChI=1S/C15H18N4O2/c1-18(13-8-16-9-14(13)20)15(21)11-7-17-19(10-11)12-5-3-2-4-6-12/h2-7,10,13-14,16,20H,8-9H2,1H3/t13-,14-/m1/s1. The summed E-state index contributed by atoms with van der Waals surface area (Å²) in [4.78, 5) is 14.0. The fourth-order valence-corrected chi connectivity index (χ4v) is 2.56. The van der Waals surface area contributed by atoms with Crippen LogP contribution < -0.4 is 5.32 Å². The van der Waals surface area contributed by atoms with Crippen LogP contribution in [0.4, 0.5) is 0 Å². The largest absolute Gasteiger partial charge is 0.390 e. The van der Waals surface area contributed by atoms with E-state index in [9.17, 15) is 9.90 Å². The normalized spacial score (nSPS) is 21.4. The molecule has 0 saturated carbocycles. The van der Waals surface area contributed by atoms with Crippen LogP contribution in [0.2, 0.25) is 0 Å². The van der Waals surface area contributed by atoms with Crippen molar-refractivity contribution in [3.8, 4) is 5.69 Å². The quantitative estimate of drug-likeness (QED) is 0.850. The SMILES string of the molecule is CN(C(=O)c1cnn(-c2ccccc2)c1)[C@@H]1CNC[C@H]1O. The lowest BCUT2D eigenvalue weighted by atomic mass is 10.1. The zero-order chi connectivity index (χ0) is 14.8. The van der Waals surface area contributed by atoms with Gasteiger partial charge in [0, 0.05) is 26.3 Å². The number of β-amino-alcohol motifs (C(OH)–C–C–N with tert-alkyl or cyclic N) is 1. The zero-order valence-electron chi connectivity index (χ0n) is 11.8. The molecule has 2 heterocycles. The number of carbonyl (C=O) groups excluding carboxylic acids is 1. The molecule has 1 aromatic heterocycles. The van der Waals surface area contributed by atoms with E-state index in [1.807, 2.05) is 30.3 Å². The van der Waals surface area contributed by atoms with Crippen LogP contribution in [0.25, 0.3) is 5.69 Å². The number of amides is 1. The fraction of sp³-hybridized carbons (Fsp3) is 0.333. The van der Waals surface area contributed by atoms with Crippen molar-refractivity contribution in [2.24, 2.45) is 0 Å². The highest BCUT2D eigenvalue weighted by atomic mass is 16.3. The van der Waals surface area contributed by atoms with Crippen LogP contribution in [-0.2, 0) is 0 Å². The molecule has 3 rings (SSSR count). The molecular weight excluding hydrogens is 268 g/mol. The Bertz CT molecular complexity index is 626. The van der Waals surface area contributed by atoms with E-state index in [1.54, 1.807) is 29.0 Å². The molecular formula is C15H18N4O2. The number of carbonyl (C=O) groups is 1. The van der Waals surface area contributed by atoms with Crippen molar-refractivity contribution in [3.05, 3.63) is 48.3 Å². The molecule has 1 amide bonds. The van der Waals surface area contributed by atoms with Crippen LogP contribution in [0, 0.1) is 0 Å². The number of likely N-dealkylation sites (N-methyl/N-ethyl adjacent to an activating group) is 1. The summed E-state index contributed by atoms with van der Waals surface area (Å²) in [7, 11) is 1.71. The molecule has 2 aromatic rings. The number of aromatic nitrogens is 2. The van der Waals surface area contributed by atoms with Crippen LogP contribution in [0.3, 0.4) is 0 Å². The zero-order valence-corrected chi connectivity index (χ0v) is 11.8. The van der Waals surface area contributed by atoms with Gasteiger partial charge in [-0.05, 0) is 12.1 Å². The lowest BCUT2D eigenvalue weighted by Gasteiger charge is -2.25. The summed E-state index contributed by atoms with van der Waals surface area (Å²) in [5, 5.41) is 17.2. The van der Waals surface area contributed by atoms with Gasteiger partial charge in [-0.3, -0.25) is 4.79 Å². The molecule has 0 radical (unpaired) electrons. The van der Waals surface area contributed by atoms with Gasteiger partial charge in [0.2, 0.25) is 0 Å². The number of para-hydroxylation sites is 1. The smallest absolute Gasteiger partial charge is 0.257 e. The number of rotatable bonds is 3. The average Bonchev–Trinajstić information content (AvgIpc) is 3.15. The molecule has 2 N–H and O–H groups in total. The molecule has 1 saturated heterocycles. The second-order valence-electron chi connectivity index (χ2n) is 5.22. The Morgan fingerprint density at radius 3 is 2.81 bits per heavy atom. The maximum absolute atomic E-state index is 12.5. The van der Waals surface area contributed by atoms with E-state index >= 15 is 0 Å². The molecule has 6 heteroatoms. The van der Waals surface area contributed by atoms with Crippen molar-refractivity contribution in [3.63, 3.8) is 0 Å². The molecule has 6 nitrogen and oxygen atoms in total. The Kier molecular flexibility index (Phi) is 3.72. The first-order valence-electron chi connectivity index (χ1n) is 6.93. The summed E-state index contributed by atoms with van der Waals surface area (Å²) in [6.07, 6.45) is 2.74. The molecule has 1 aromatic carbocycles. The highest BCUT2D eigenvalue weighted by molar-refractivity contribution is 5.94. The lowest BCUT2D eigenvalue weighted by molar-refractivity contribution is 0.0581. The second kappa shape index (κ2) is 5.67. The van der Waals surface area contributed by atoms with Crippen LogP contribution in [0.5, 0.6) is 0 Å². The fourth-order valence-electron chi connectivity index (χ4n) is 2.56. The highest BCUT2D eigenvalue weighted by Crippen LogP contribution is 2.13. The van der Waals surface area contributed by atoms with Gasteiger partial charge in [-0.15, -0.1) is 0 Å². The van der Waals surface area contributed by atoms with Gasteiger partial charge < -0.3 is 15.3 Å². The molecule has 1 aliphatic heterocycles. The van der Waals surface area contributed by atoms with Gasteiger partial charge >= 0.3 is 0 Å². The molecule has 0 bridgehead atoms. The predicted octanol–water partition coefficient (Wildman–Crippen LogP) is 0.277. The minimum Gasteiger partial charge on any atom is -0.390 e. The number of nitrogens with one attached hydrogen (secondary N) is 1. The summed E-state index contributed by atoms with van der Waals surface area (Å²) in [6.45, 7) is 1.13. The summed E-state index contributed by atoms with van der Waals surface area (Å²) < 4.78 is 1.67. The van der Waals surface area contributed by atoms with Gasteiger partial charge in [0.15, 0.2) is 0 Å². The van der Waals surface area contributed by atoms with Crippen molar-refractivity contribution in [1.29, 1.82) is 0 Å². The highest BCUT2D eigenvalue weighted by Gasteiger charge is 2.31. The molecule has 0 aliphatic carbocycles. The summed E-state index contributed by atoms with van der Waals surface area (Å²) in [5.74, 6) is -0.134. The van der Waals surface area contributed by atoms with E-state index < -0.39 is 6.10 Å². The Hall–Kier alpha value is -2.18. The van der Waals surface area contributed by atoms with Crippen molar-refractivity contribution >= 4 is 5.91 Å². The number of hydrogen-bond donors (Lipinski definition) is 2. The maximum atomic E-state index is 12.5. The van der Waals surface area contributed by atoms with Gasteiger partial charge in [-0.2, -0.15) is 5.10 Å². The Balaban J connectivity index is 1.78. The van der Waals surface area contributed by atoms with E-state index in [-0.39, 0.29) is 11.9 Å². The van der Waals surface area contributed by atoms with Gasteiger partial charge in [0.25, 0.3) is 5.91 Å². The van der Waals surface area contributed by atoms with Crippen molar-refractivity contribution in [1.82, 2.24) is 20.0 Å². The third-order valence-electron chi connectivity index (χ3n) is 3.82. The number of aliphatic hydroxyl groups is 1. The number of benzene rings is 1. The minimum atomic E-state index is -0.525. The number of hydrogen-bond acceptors (Lipinski definition) is 4. The number of nitrogens with zero attached hydrogens (tertiary/aromatic N) is 3. The summed E-state index contributed by atoms with van der Waals surface area (Å²) in [6, 6.07) is 9.43. The molecule has 0 spiro atoms. The summed E-state index contributed by atoms with van der Waals surface area (Å²) >= 11 is 0. The van der Waals surface area contributed by atoms with Gasteiger partial charge in [-0.1, -0.05) is 18.2 Å². The summed E-state index contributed by atoms with van der Waals surface area (Å²) in [5.41, 5.74) is 1.42. The Morgan fingerprint density at radius 2 is 2.14 bits per heavy atom. The monoisotopic (exact) mass is 286 g/mol. The molecule has 0 unspecified atom stereocenters. The molecule has 21 heavy (non-hydrogen) atoms. The topological polar surface area (TPSA) is 70.4 Å². The maximum Gasteiger partial charge on any atom is 0.257 e. The van der Waals surface area contributed by atoms with E-state index in [0.717, 1.165) is 5.69 Å².